The summed E-state index contributed by atoms with van der Waals surface area (Å²) in [5, 5.41) is 10.4. The van der Waals surface area contributed by atoms with Gasteiger partial charge in [-0.25, -0.2) is 0 Å². The van der Waals surface area contributed by atoms with E-state index in [2.05, 4.69) is 9.97 Å². The van der Waals surface area contributed by atoms with E-state index < -0.39 is 0 Å². The monoisotopic (exact) mass is 297 g/mol. The van der Waals surface area contributed by atoms with Gasteiger partial charge in [0.2, 0.25) is 0 Å². The third kappa shape index (κ3) is 3.56. The maximum Gasteiger partial charge on any atom is 0.134 e. The molecule has 0 unspecified atom stereocenters. The number of aromatic hydroxyl groups is 1. The third-order valence-corrected chi connectivity index (χ3v) is 3.42. The van der Waals surface area contributed by atoms with Gasteiger partial charge in [-0.15, -0.1) is 0 Å². The van der Waals surface area contributed by atoms with E-state index >= 15 is 0 Å². The number of hydrogen-bond acceptors (Lipinski definition) is 4. The van der Waals surface area contributed by atoms with E-state index in [-0.39, 0.29) is 5.75 Å². The van der Waals surface area contributed by atoms with Crippen LogP contribution in [-0.4, -0.2) is 27.0 Å². The molecule has 0 amide bonds. The minimum Gasteiger partial charge on any atom is -0.506 e. The van der Waals surface area contributed by atoms with Crippen molar-refractivity contribution in [2.75, 3.05) is 7.05 Å². The molecule has 0 spiro atoms. The topological polar surface area (TPSA) is 49.2 Å². The van der Waals surface area contributed by atoms with Crippen LogP contribution in [0.4, 0.5) is 0 Å². The molecular weight excluding hydrogens is 285 g/mol. The van der Waals surface area contributed by atoms with Crippen LogP contribution in [0.1, 0.15) is 11.3 Å². The van der Waals surface area contributed by atoms with Crippen molar-refractivity contribution in [1.82, 2.24) is 14.9 Å². The second kappa shape index (κ2) is 6.19. The molecule has 2 rings (SSSR count). The Balaban J connectivity index is 2.11. The van der Waals surface area contributed by atoms with Gasteiger partial charge in [0, 0.05) is 42.3 Å². The lowest BCUT2D eigenvalue weighted by molar-refractivity contribution is 0.314. The molecule has 0 aliphatic rings. The van der Waals surface area contributed by atoms with E-state index in [1.165, 1.54) is 6.07 Å². The van der Waals surface area contributed by atoms with Crippen molar-refractivity contribution in [1.29, 1.82) is 0 Å². The Labute approximate surface area is 121 Å². The van der Waals surface area contributed by atoms with Gasteiger partial charge < -0.3 is 5.11 Å². The molecule has 1 heterocycles. The highest BCUT2D eigenvalue weighted by Crippen LogP contribution is 2.33. The molecule has 0 atom stereocenters. The predicted molar refractivity (Wildman–Crippen MR) is 75.3 cm³/mol. The summed E-state index contributed by atoms with van der Waals surface area (Å²) in [6.45, 7) is 1.14. The standard InChI is InChI=1S/C13H13Cl2N3O/c1-18(7-9-6-16-4-5-17-9)8-10-11(14)2-3-12(19)13(10)15/h2-6,19H,7-8H2,1H3. The van der Waals surface area contributed by atoms with Gasteiger partial charge >= 0.3 is 0 Å². The van der Waals surface area contributed by atoms with E-state index in [1.807, 2.05) is 11.9 Å². The average Bonchev–Trinajstić information content (AvgIpc) is 2.40. The molecule has 0 saturated heterocycles. The van der Waals surface area contributed by atoms with Crippen molar-refractivity contribution in [3.05, 3.63) is 52.0 Å². The van der Waals surface area contributed by atoms with Gasteiger partial charge in [0.25, 0.3) is 0 Å². The van der Waals surface area contributed by atoms with Gasteiger partial charge in [-0.3, -0.25) is 14.9 Å². The van der Waals surface area contributed by atoms with Gasteiger partial charge in [-0.2, -0.15) is 0 Å². The van der Waals surface area contributed by atoms with E-state index in [4.69, 9.17) is 23.2 Å². The molecule has 1 N–H and O–H groups in total. The first-order valence-electron chi connectivity index (χ1n) is 5.67. The van der Waals surface area contributed by atoms with Crippen molar-refractivity contribution in [2.45, 2.75) is 13.1 Å². The van der Waals surface area contributed by atoms with Gasteiger partial charge in [0.05, 0.1) is 10.7 Å². The summed E-state index contributed by atoms with van der Waals surface area (Å²) in [4.78, 5) is 10.2. The van der Waals surface area contributed by atoms with E-state index in [9.17, 15) is 5.11 Å². The van der Waals surface area contributed by atoms with Crippen LogP contribution in [0.25, 0.3) is 0 Å². The fourth-order valence-corrected chi connectivity index (χ4v) is 2.23. The first kappa shape index (κ1) is 14.1. The number of hydrogen-bond donors (Lipinski definition) is 1. The number of benzene rings is 1. The quantitative estimate of drug-likeness (QED) is 0.942. The summed E-state index contributed by atoms with van der Waals surface area (Å²) in [7, 11) is 1.92. The SMILES string of the molecule is CN(Cc1cnccn1)Cc1c(Cl)ccc(O)c1Cl. The average molecular weight is 298 g/mol. The normalized spacial score (nSPS) is 10.9. The molecule has 4 nitrogen and oxygen atoms in total. The lowest BCUT2D eigenvalue weighted by atomic mass is 10.2. The molecule has 0 aliphatic carbocycles. The molecule has 0 bridgehead atoms. The summed E-state index contributed by atoms with van der Waals surface area (Å²) in [5.74, 6) is 0.0361. The molecular formula is C13H13Cl2N3O. The summed E-state index contributed by atoms with van der Waals surface area (Å²) < 4.78 is 0. The summed E-state index contributed by atoms with van der Waals surface area (Å²) in [5.41, 5.74) is 1.56. The van der Waals surface area contributed by atoms with Crippen LogP contribution in [0.15, 0.2) is 30.7 Å². The molecule has 1 aromatic heterocycles. The lowest BCUT2D eigenvalue weighted by Crippen LogP contribution is -2.18. The Morgan fingerprint density at radius 2 is 2.00 bits per heavy atom. The van der Waals surface area contributed by atoms with Crippen LogP contribution in [0.5, 0.6) is 5.75 Å². The fraction of sp³-hybridized carbons (Fsp3) is 0.231. The number of phenols is 1. The highest BCUT2D eigenvalue weighted by Gasteiger charge is 2.12. The smallest absolute Gasteiger partial charge is 0.134 e. The number of halogens is 2. The number of nitrogens with zero attached hydrogens (tertiary/aromatic N) is 3. The molecule has 1 aromatic carbocycles. The second-order valence-electron chi connectivity index (χ2n) is 4.23. The summed E-state index contributed by atoms with van der Waals surface area (Å²) in [6.07, 6.45) is 4.99. The highest BCUT2D eigenvalue weighted by atomic mass is 35.5. The maximum atomic E-state index is 9.60. The zero-order valence-corrected chi connectivity index (χ0v) is 11.9. The molecule has 19 heavy (non-hydrogen) atoms. The molecule has 0 aliphatic heterocycles. The van der Waals surface area contributed by atoms with Crippen LogP contribution in [0.3, 0.4) is 0 Å². The van der Waals surface area contributed by atoms with Crippen molar-refractivity contribution in [3.63, 3.8) is 0 Å². The van der Waals surface area contributed by atoms with E-state index in [0.29, 0.717) is 28.7 Å². The summed E-state index contributed by atoms with van der Waals surface area (Å²) in [6, 6.07) is 3.12. The van der Waals surface area contributed by atoms with Gasteiger partial charge in [0.1, 0.15) is 5.75 Å². The van der Waals surface area contributed by atoms with Crippen LogP contribution in [0.2, 0.25) is 10.0 Å². The van der Waals surface area contributed by atoms with Gasteiger partial charge in [0.15, 0.2) is 0 Å². The van der Waals surface area contributed by atoms with Crippen LogP contribution in [0, 0.1) is 0 Å². The minimum atomic E-state index is 0.0361. The molecule has 0 saturated carbocycles. The first-order valence-corrected chi connectivity index (χ1v) is 6.43. The molecule has 0 fully saturated rings. The van der Waals surface area contributed by atoms with Crippen LogP contribution < -0.4 is 0 Å². The number of aromatic nitrogens is 2. The van der Waals surface area contributed by atoms with E-state index in [1.54, 1.807) is 24.7 Å². The zero-order valence-electron chi connectivity index (χ0n) is 10.3. The highest BCUT2D eigenvalue weighted by molar-refractivity contribution is 6.36. The number of rotatable bonds is 4. The molecule has 2 aromatic rings. The molecule has 6 heteroatoms. The van der Waals surface area contributed by atoms with Crippen molar-refractivity contribution in [3.8, 4) is 5.75 Å². The molecule has 100 valence electrons. The Morgan fingerprint density at radius 1 is 1.21 bits per heavy atom. The van der Waals surface area contributed by atoms with Crippen molar-refractivity contribution >= 4 is 23.2 Å². The first-order chi connectivity index (χ1) is 9.08. The summed E-state index contributed by atoms with van der Waals surface area (Å²) >= 11 is 12.2. The fourth-order valence-electron chi connectivity index (χ4n) is 1.74. The Bertz CT molecular complexity index is 563. The maximum absolute atomic E-state index is 9.60. The Hall–Kier alpha value is -1.36. The van der Waals surface area contributed by atoms with Gasteiger partial charge in [-0.1, -0.05) is 23.2 Å². The largest absolute Gasteiger partial charge is 0.506 e. The van der Waals surface area contributed by atoms with Crippen molar-refractivity contribution in [2.24, 2.45) is 0 Å². The van der Waals surface area contributed by atoms with Crippen LogP contribution >= 0.6 is 23.2 Å². The predicted octanol–water partition coefficient (Wildman–Crippen LogP) is 3.12. The van der Waals surface area contributed by atoms with Crippen LogP contribution in [-0.2, 0) is 13.1 Å². The minimum absolute atomic E-state index is 0.0361. The Morgan fingerprint density at radius 3 is 2.68 bits per heavy atom. The Kier molecular flexibility index (Phi) is 4.58. The second-order valence-corrected chi connectivity index (χ2v) is 5.01. The van der Waals surface area contributed by atoms with Gasteiger partial charge in [-0.05, 0) is 19.2 Å². The number of phenolic OH excluding ortho intramolecular Hbond substituents is 1. The van der Waals surface area contributed by atoms with Crippen molar-refractivity contribution < 1.29 is 5.11 Å². The molecule has 0 radical (unpaired) electrons. The lowest BCUT2D eigenvalue weighted by Gasteiger charge is -2.18. The van der Waals surface area contributed by atoms with E-state index in [0.717, 1.165) is 5.69 Å². The zero-order chi connectivity index (χ0) is 13.8. The third-order valence-electron chi connectivity index (χ3n) is 2.64.